The summed E-state index contributed by atoms with van der Waals surface area (Å²) in [5, 5.41) is 2.70. The Balaban J connectivity index is 2.21. The summed E-state index contributed by atoms with van der Waals surface area (Å²) in [6.07, 6.45) is 0.820. The third-order valence-corrected chi connectivity index (χ3v) is 3.61. The molecule has 0 atom stereocenters. The fourth-order valence-electron chi connectivity index (χ4n) is 1.54. The van der Waals surface area contributed by atoms with Crippen LogP contribution in [0.15, 0.2) is 23.1 Å². The van der Waals surface area contributed by atoms with Gasteiger partial charge in [-0.25, -0.2) is 4.39 Å². The molecule has 0 aliphatic heterocycles. The Morgan fingerprint density at radius 1 is 1.43 bits per heavy atom. The molecule has 0 spiro atoms. The van der Waals surface area contributed by atoms with Crippen molar-refractivity contribution in [3.8, 4) is 0 Å². The maximum absolute atomic E-state index is 12.9. The molecule has 21 heavy (non-hydrogen) atoms. The van der Waals surface area contributed by atoms with Crippen molar-refractivity contribution in [1.82, 2.24) is 5.32 Å². The van der Waals surface area contributed by atoms with Crippen LogP contribution >= 0.6 is 11.8 Å². The quantitative estimate of drug-likeness (QED) is 0.332. The van der Waals surface area contributed by atoms with E-state index in [-0.39, 0.29) is 24.1 Å². The first-order chi connectivity index (χ1) is 10.0. The molecular weight excluding hydrogens is 295 g/mol. The molecule has 7 heteroatoms. The highest BCUT2D eigenvalue weighted by Crippen LogP contribution is 2.25. The van der Waals surface area contributed by atoms with Gasteiger partial charge < -0.3 is 15.8 Å². The smallest absolute Gasteiger partial charge is 0.305 e. The van der Waals surface area contributed by atoms with E-state index in [0.717, 1.165) is 0 Å². The van der Waals surface area contributed by atoms with Gasteiger partial charge in [-0.2, -0.15) is 0 Å². The van der Waals surface area contributed by atoms with Crippen LogP contribution in [0.2, 0.25) is 0 Å². The average molecular weight is 314 g/mol. The van der Waals surface area contributed by atoms with Crippen molar-refractivity contribution >= 4 is 29.3 Å². The predicted octanol–water partition coefficient (Wildman–Crippen LogP) is 1.96. The molecule has 1 amide bonds. The Morgan fingerprint density at radius 2 is 2.19 bits per heavy atom. The van der Waals surface area contributed by atoms with Crippen LogP contribution in [0.1, 0.15) is 19.8 Å². The van der Waals surface area contributed by atoms with Gasteiger partial charge in [0.05, 0.1) is 12.4 Å². The van der Waals surface area contributed by atoms with Gasteiger partial charge in [-0.15, -0.1) is 11.8 Å². The molecule has 0 aliphatic carbocycles. The van der Waals surface area contributed by atoms with Crippen LogP contribution in [0.4, 0.5) is 10.1 Å². The summed E-state index contributed by atoms with van der Waals surface area (Å²) in [6.45, 7) is 2.52. The summed E-state index contributed by atoms with van der Waals surface area (Å²) in [5.74, 6) is -0.636. The zero-order chi connectivity index (χ0) is 15.7. The largest absolute Gasteiger partial charge is 0.466 e. The lowest BCUT2D eigenvalue weighted by Gasteiger charge is -2.07. The number of benzene rings is 1. The van der Waals surface area contributed by atoms with Gasteiger partial charge in [0.1, 0.15) is 5.82 Å². The lowest BCUT2D eigenvalue weighted by molar-refractivity contribution is -0.143. The molecule has 116 valence electrons. The Bertz CT molecular complexity index is 497. The van der Waals surface area contributed by atoms with Crippen molar-refractivity contribution in [2.75, 3.05) is 24.6 Å². The number of thioether (sulfide) groups is 1. The van der Waals surface area contributed by atoms with Gasteiger partial charge in [0.15, 0.2) is 0 Å². The van der Waals surface area contributed by atoms with Crippen molar-refractivity contribution in [2.24, 2.45) is 0 Å². The predicted molar refractivity (Wildman–Crippen MR) is 80.4 cm³/mol. The van der Waals surface area contributed by atoms with Crippen molar-refractivity contribution in [3.05, 3.63) is 24.0 Å². The fraction of sp³-hybridized carbons (Fsp3) is 0.429. The molecule has 0 fully saturated rings. The van der Waals surface area contributed by atoms with Crippen LogP contribution in [0.5, 0.6) is 0 Å². The van der Waals surface area contributed by atoms with E-state index < -0.39 is 5.82 Å². The highest BCUT2D eigenvalue weighted by Gasteiger charge is 2.07. The summed E-state index contributed by atoms with van der Waals surface area (Å²) in [5.41, 5.74) is 5.96. The van der Waals surface area contributed by atoms with Gasteiger partial charge in [-0.1, -0.05) is 0 Å². The Kier molecular flexibility index (Phi) is 7.60. The van der Waals surface area contributed by atoms with Crippen LogP contribution in [-0.2, 0) is 14.3 Å². The van der Waals surface area contributed by atoms with E-state index in [4.69, 9.17) is 10.5 Å². The molecule has 0 saturated heterocycles. The summed E-state index contributed by atoms with van der Waals surface area (Å²) < 4.78 is 17.6. The standard InChI is InChI=1S/C14H19FN2O3S/c1-2-20-14(19)4-3-7-17-13(18)9-21-12-6-5-10(15)8-11(12)16/h5-6,8H,2-4,7,9,16H2,1H3,(H,17,18). The van der Waals surface area contributed by atoms with E-state index in [1.807, 2.05) is 0 Å². The second-order valence-electron chi connectivity index (χ2n) is 4.23. The molecule has 5 nitrogen and oxygen atoms in total. The molecular formula is C14H19FN2O3S. The maximum Gasteiger partial charge on any atom is 0.305 e. The summed E-state index contributed by atoms with van der Waals surface area (Å²) in [6, 6.07) is 4.07. The fourth-order valence-corrected chi connectivity index (χ4v) is 2.32. The number of nitrogens with two attached hydrogens (primary N) is 1. The number of carbonyl (C=O) groups is 2. The van der Waals surface area contributed by atoms with Gasteiger partial charge in [0.2, 0.25) is 5.91 Å². The molecule has 0 unspecified atom stereocenters. The van der Waals surface area contributed by atoms with Crippen LogP contribution in [-0.4, -0.2) is 30.8 Å². The van der Waals surface area contributed by atoms with E-state index in [1.54, 1.807) is 13.0 Å². The minimum Gasteiger partial charge on any atom is -0.466 e. The number of rotatable bonds is 8. The Morgan fingerprint density at radius 3 is 2.86 bits per heavy atom. The van der Waals surface area contributed by atoms with Crippen LogP contribution in [0.25, 0.3) is 0 Å². The van der Waals surface area contributed by atoms with Gasteiger partial charge in [0, 0.05) is 23.5 Å². The van der Waals surface area contributed by atoms with E-state index >= 15 is 0 Å². The molecule has 1 rings (SSSR count). The molecule has 0 radical (unpaired) electrons. The molecule has 0 aliphatic rings. The Labute approximate surface area is 127 Å². The zero-order valence-corrected chi connectivity index (χ0v) is 12.7. The zero-order valence-electron chi connectivity index (χ0n) is 11.9. The minimum atomic E-state index is -0.403. The number of hydrogen-bond donors (Lipinski definition) is 2. The number of amides is 1. The third kappa shape index (κ3) is 6.99. The number of carbonyl (C=O) groups excluding carboxylic acids is 2. The number of hydrogen-bond acceptors (Lipinski definition) is 5. The molecule has 3 N–H and O–H groups in total. The number of esters is 1. The number of anilines is 1. The van der Waals surface area contributed by atoms with Crippen LogP contribution < -0.4 is 11.1 Å². The molecule has 0 saturated carbocycles. The van der Waals surface area contributed by atoms with Gasteiger partial charge in [0.25, 0.3) is 0 Å². The highest BCUT2D eigenvalue weighted by atomic mass is 32.2. The minimum absolute atomic E-state index is 0.160. The van der Waals surface area contributed by atoms with E-state index in [1.165, 1.54) is 23.9 Å². The van der Waals surface area contributed by atoms with Crippen molar-refractivity contribution in [1.29, 1.82) is 0 Å². The van der Waals surface area contributed by atoms with E-state index in [2.05, 4.69) is 5.32 Å². The topological polar surface area (TPSA) is 81.4 Å². The van der Waals surface area contributed by atoms with Crippen molar-refractivity contribution in [2.45, 2.75) is 24.7 Å². The normalized spacial score (nSPS) is 10.2. The first-order valence-electron chi connectivity index (χ1n) is 6.63. The second-order valence-corrected chi connectivity index (χ2v) is 5.25. The van der Waals surface area contributed by atoms with Crippen molar-refractivity contribution in [3.63, 3.8) is 0 Å². The molecule has 0 heterocycles. The second kappa shape index (κ2) is 9.23. The van der Waals surface area contributed by atoms with Gasteiger partial charge in [-0.05, 0) is 31.5 Å². The molecule has 0 aromatic heterocycles. The third-order valence-electron chi connectivity index (χ3n) is 2.52. The number of ether oxygens (including phenoxy) is 1. The SMILES string of the molecule is CCOC(=O)CCCNC(=O)CSc1ccc(F)cc1N. The highest BCUT2D eigenvalue weighted by molar-refractivity contribution is 8.00. The Hall–Kier alpha value is -1.76. The van der Waals surface area contributed by atoms with E-state index in [0.29, 0.717) is 30.2 Å². The average Bonchev–Trinajstić information content (AvgIpc) is 2.43. The molecule has 0 bridgehead atoms. The van der Waals surface area contributed by atoms with E-state index in [9.17, 15) is 14.0 Å². The first kappa shape index (κ1) is 17.3. The van der Waals surface area contributed by atoms with Crippen molar-refractivity contribution < 1.29 is 18.7 Å². The summed E-state index contributed by atoms with van der Waals surface area (Å²) in [4.78, 5) is 23.3. The molecule has 1 aromatic carbocycles. The van der Waals surface area contributed by atoms with Gasteiger partial charge >= 0.3 is 5.97 Å². The lowest BCUT2D eigenvalue weighted by atomic mass is 10.3. The lowest BCUT2D eigenvalue weighted by Crippen LogP contribution is -2.26. The number of nitrogen functional groups attached to an aromatic ring is 1. The number of halogens is 1. The van der Waals surface area contributed by atoms with Crippen LogP contribution in [0, 0.1) is 5.82 Å². The van der Waals surface area contributed by atoms with Crippen LogP contribution in [0.3, 0.4) is 0 Å². The summed E-state index contributed by atoms with van der Waals surface area (Å²) >= 11 is 1.24. The summed E-state index contributed by atoms with van der Waals surface area (Å²) in [7, 11) is 0. The molecule has 1 aromatic rings. The monoisotopic (exact) mass is 314 g/mol. The number of nitrogens with one attached hydrogen (secondary N) is 1. The van der Waals surface area contributed by atoms with Gasteiger partial charge in [-0.3, -0.25) is 9.59 Å². The first-order valence-corrected chi connectivity index (χ1v) is 7.61. The maximum atomic E-state index is 12.9.